The molecule has 0 amide bonds. The van der Waals surface area contributed by atoms with E-state index < -0.39 is 0 Å². The lowest BCUT2D eigenvalue weighted by molar-refractivity contribution is -0.140. The van der Waals surface area contributed by atoms with E-state index in [2.05, 4.69) is 27.9 Å². The topological polar surface area (TPSA) is 42.1 Å². The van der Waals surface area contributed by atoms with Gasteiger partial charge in [-0.05, 0) is 17.5 Å². The standard InChI is InChI=1S/C8H7N.C4H8O2/c1-2-4-8-7(3-1)5-6-9-8;1-3-4(5)6-2/h1-6,9H;3H2,1-2H3. The third-order valence-corrected chi connectivity index (χ3v) is 1.98. The number of aromatic nitrogens is 1. The molecule has 0 unspecified atom stereocenters. The van der Waals surface area contributed by atoms with Gasteiger partial charge in [0.05, 0.1) is 7.11 Å². The smallest absolute Gasteiger partial charge is 0.305 e. The van der Waals surface area contributed by atoms with Gasteiger partial charge in [0.1, 0.15) is 0 Å². The Morgan fingerprint density at radius 3 is 2.60 bits per heavy atom. The van der Waals surface area contributed by atoms with Crippen molar-refractivity contribution >= 4 is 16.9 Å². The van der Waals surface area contributed by atoms with Crippen LogP contribution in [0.2, 0.25) is 0 Å². The van der Waals surface area contributed by atoms with Gasteiger partial charge in [0.2, 0.25) is 0 Å². The van der Waals surface area contributed by atoms with Crippen molar-refractivity contribution in [3.8, 4) is 0 Å². The van der Waals surface area contributed by atoms with Crippen LogP contribution in [0, 0.1) is 0 Å². The Morgan fingerprint density at radius 1 is 1.33 bits per heavy atom. The van der Waals surface area contributed by atoms with Gasteiger partial charge in [0, 0.05) is 18.1 Å². The summed E-state index contributed by atoms with van der Waals surface area (Å²) in [4.78, 5) is 13.1. The number of nitrogens with one attached hydrogen (secondary N) is 1. The van der Waals surface area contributed by atoms with Crippen LogP contribution < -0.4 is 0 Å². The minimum absolute atomic E-state index is 0.157. The van der Waals surface area contributed by atoms with Crippen molar-refractivity contribution in [2.24, 2.45) is 0 Å². The molecule has 0 aliphatic carbocycles. The molecule has 0 aliphatic rings. The summed E-state index contributed by atoms with van der Waals surface area (Å²) in [5.41, 5.74) is 1.21. The Balaban J connectivity index is 0.000000167. The van der Waals surface area contributed by atoms with E-state index in [9.17, 15) is 4.79 Å². The molecule has 0 bridgehead atoms. The lowest BCUT2D eigenvalue weighted by Gasteiger charge is -1.87. The van der Waals surface area contributed by atoms with E-state index in [-0.39, 0.29) is 5.97 Å². The van der Waals surface area contributed by atoms with Gasteiger partial charge in [0.25, 0.3) is 0 Å². The normalized spacial score (nSPS) is 9.20. The van der Waals surface area contributed by atoms with Crippen LogP contribution in [-0.4, -0.2) is 18.1 Å². The van der Waals surface area contributed by atoms with Gasteiger partial charge in [-0.1, -0.05) is 25.1 Å². The Bertz CT molecular complexity index is 384. The number of H-pyrrole nitrogens is 1. The van der Waals surface area contributed by atoms with E-state index in [1.54, 1.807) is 6.92 Å². The second-order valence-electron chi connectivity index (χ2n) is 2.99. The maximum atomic E-state index is 9.96. The number of para-hydroxylation sites is 1. The van der Waals surface area contributed by atoms with E-state index in [1.165, 1.54) is 18.0 Å². The first kappa shape index (κ1) is 11.3. The van der Waals surface area contributed by atoms with Gasteiger partial charge < -0.3 is 9.72 Å². The van der Waals surface area contributed by atoms with E-state index in [0.29, 0.717) is 6.42 Å². The molecule has 1 aromatic carbocycles. The molecule has 1 aromatic heterocycles. The van der Waals surface area contributed by atoms with Crippen molar-refractivity contribution < 1.29 is 9.53 Å². The zero-order valence-electron chi connectivity index (χ0n) is 8.99. The molecule has 1 N–H and O–H groups in total. The molecule has 0 radical (unpaired) electrons. The van der Waals surface area contributed by atoms with Crippen LogP contribution in [0.25, 0.3) is 10.9 Å². The molecule has 1 heterocycles. The van der Waals surface area contributed by atoms with Gasteiger partial charge in [-0.15, -0.1) is 0 Å². The zero-order chi connectivity index (χ0) is 11.1. The maximum absolute atomic E-state index is 9.96. The van der Waals surface area contributed by atoms with Gasteiger partial charge >= 0.3 is 5.97 Å². The van der Waals surface area contributed by atoms with E-state index in [1.807, 2.05) is 18.3 Å². The number of hydrogen-bond donors (Lipinski definition) is 1. The fourth-order valence-electron chi connectivity index (χ4n) is 1.14. The van der Waals surface area contributed by atoms with Crippen molar-refractivity contribution in [1.82, 2.24) is 4.98 Å². The van der Waals surface area contributed by atoms with Crippen molar-refractivity contribution in [2.75, 3.05) is 7.11 Å². The molecule has 15 heavy (non-hydrogen) atoms. The number of aromatic amines is 1. The van der Waals surface area contributed by atoms with Crippen LogP contribution in [0.15, 0.2) is 36.5 Å². The molecular weight excluding hydrogens is 190 g/mol. The molecule has 0 fully saturated rings. The van der Waals surface area contributed by atoms with Crippen molar-refractivity contribution in [3.63, 3.8) is 0 Å². The predicted octanol–water partition coefficient (Wildman–Crippen LogP) is 2.74. The number of rotatable bonds is 1. The van der Waals surface area contributed by atoms with Crippen LogP contribution in [-0.2, 0) is 9.53 Å². The number of esters is 1. The minimum atomic E-state index is -0.157. The summed E-state index contributed by atoms with van der Waals surface area (Å²) in [5, 5.41) is 1.28. The lowest BCUT2D eigenvalue weighted by Crippen LogP contribution is -1.94. The third-order valence-electron chi connectivity index (χ3n) is 1.98. The molecule has 2 rings (SSSR count). The fraction of sp³-hybridized carbons (Fsp3) is 0.250. The minimum Gasteiger partial charge on any atom is -0.469 e. The number of benzene rings is 1. The second kappa shape index (κ2) is 5.86. The summed E-state index contributed by atoms with van der Waals surface area (Å²) < 4.78 is 4.26. The third kappa shape index (κ3) is 3.46. The summed E-state index contributed by atoms with van der Waals surface area (Å²) >= 11 is 0. The first-order chi connectivity index (χ1) is 7.27. The highest BCUT2D eigenvalue weighted by atomic mass is 16.5. The largest absolute Gasteiger partial charge is 0.469 e. The van der Waals surface area contributed by atoms with Crippen LogP contribution in [0.5, 0.6) is 0 Å². The number of carbonyl (C=O) groups excluding carboxylic acids is 1. The summed E-state index contributed by atoms with van der Waals surface area (Å²) in [5.74, 6) is -0.157. The van der Waals surface area contributed by atoms with Crippen LogP contribution in [0.1, 0.15) is 13.3 Å². The van der Waals surface area contributed by atoms with Crippen molar-refractivity contribution in [2.45, 2.75) is 13.3 Å². The predicted molar refractivity (Wildman–Crippen MR) is 60.6 cm³/mol. The molecule has 3 nitrogen and oxygen atoms in total. The molecule has 2 aromatic rings. The van der Waals surface area contributed by atoms with Gasteiger partial charge in [-0.3, -0.25) is 4.79 Å². The Labute approximate surface area is 89.1 Å². The highest BCUT2D eigenvalue weighted by Gasteiger charge is 1.87. The van der Waals surface area contributed by atoms with Crippen molar-refractivity contribution in [1.29, 1.82) is 0 Å². The molecule has 0 atom stereocenters. The molecule has 0 spiro atoms. The van der Waals surface area contributed by atoms with E-state index in [0.717, 1.165) is 0 Å². The second-order valence-corrected chi connectivity index (χ2v) is 2.99. The number of fused-ring (bicyclic) bond motifs is 1. The van der Waals surface area contributed by atoms with Crippen LogP contribution in [0.3, 0.4) is 0 Å². The number of methoxy groups -OCH3 is 1. The molecule has 0 saturated heterocycles. The molecule has 3 heteroatoms. The lowest BCUT2D eigenvalue weighted by atomic mass is 10.3. The Kier molecular flexibility index (Phi) is 4.41. The van der Waals surface area contributed by atoms with E-state index >= 15 is 0 Å². The first-order valence-corrected chi connectivity index (χ1v) is 4.87. The molecule has 80 valence electrons. The highest BCUT2D eigenvalue weighted by Crippen LogP contribution is 2.09. The molecule has 0 saturated carbocycles. The van der Waals surface area contributed by atoms with E-state index in [4.69, 9.17) is 0 Å². The highest BCUT2D eigenvalue weighted by molar-refractivity contribution is 5.78. The Morgan fingerprint density at radius 2 is 2.07 bits per heavy atom. The van der Waals surface area contributed by atoms with Gasteiger partial charge in [0.15, 0.2) is 0 Å². The number of hydrogen-bond acceptors (Lipinski definition) is 2. The van der Waals surface area contributed by atoms with Crippen LogP contribution in [0.4, 0.5) is 0 Å². The van der Waals surface area contributed by atoms with Crippen molar-refractivity contribution in [3.05, 3.63) is 36.5 Å². The summed E-state index contributed by atoms with van der Waals surface area (Å²) in [6, 6.07) is 10.3. The molecular formula is C12H15NO2. The average Bonchev–Trinajstić information content (AvgIpc) is 2.76. The zero-order valence-corrected chi connectivity index (χ0v) is 8.99. The summed E-state index contributed by atoms with van der Waals surface area (Å²) in [6.45, 7) is 1.76. The monoisotopic (exact) mass is 205 g/mol. The summed E-state index contributed by atoms with van der Waals surface area (Å²) in [6.07, 6.45) is 2.42. The van der Waals surface area contributed by atoms with Gasteiger partial charge in [-0.2, -0.15) is 0 Å². The maximum Gasteiger partial charge on any atom is 0.305 e. The summed E-state index contributed by atoms with van der Waals surface area (Å²) in [7, 11) is 1.38. The van der Waals surface area contributed by atoms with Crippen LogP contribution >= 0.6 is 0 Å². The fourth-order valence-corrected chi connectivity index (χ4v) is 1.14. The molecule has 0 aliphatic heterocycles. The SMILES string of the molecule is CCC(=O)OC.c1ccc2[nH]ccc2c1. The quantitative estimate of drug-likeness (QED) is 0.727. The number of ether oxygens (including phenoxy) is 1. The Hall–Kier alpha value is -1.77. The average molecular weight is 205 g/mol. The number of carbonyl (C=O) groups is 1. The first-order valence-electron chi connectivity index (χ1n) is 4.87. The van der Waals surface area contributed by atoms with Gasteiger partial charge in [-0.25, -0.2) is 0 Å².